The van der Waals surface area contributed by atoms with Gasteiger partial charge in [0.25, 0.3) is 0 Å². The van der Waals surface area contributed by atoms with Crippen molar-refractivity contribution in [2.24, 2.45) is 0 Å². The van der Waals surface area contributed by atoms with Gasteiger partial charge in [-0.2, -0.15) is 0 Å². The standard InChI is InChI=1S/2C18H26NSi2.HI.Nd/c2*1-20(2,15-17-11-7-5-8-12-17)19-21(3,4)16-18-13-9-6-10-14-18;;/h2*5-14H,15-16H2,1-4H3;1H;/q2*-1;;. The van der Waals surface area contributed by atoms with E-state index in [2.05, 4.69) is 174 Å². The number of halogens is 1. The molecule has 0 saturated heterocycles. The van der Waals surface area contributed by atoms with Gasteiger partial charge in [-0.05, 0) is 0 Å². The molecule has 0 aliphatic heterocycles. The Morgan fingerprint density at radius 2 is 0.500 bits per heavy atom. The van der Waals surface area contributed by atoms with E-state index in [1.165, 1.54) is 22.3 Å². The van der Waals surface area contributed by atoms with Crippen LogP contribution in [0.4, 0.5) is 0 Å². The van der Waals surface area contributed by atoms with Crippen LogP contribution in [0.15, 0.2) is 121 Å². The van der Waals surface area contributed by atoms with Crippen LogP contribution in [0.25, 0.3) is 9.30 Å². The van der Waals surface area contributed by atoms with Crippen LogP contribution in [0.1, 0.15) is 22.3 Å². The van der Waals surface area contributed by atoms with Crippen molar-refractivity contribution < 1.29 is 40.8 Å². The molecular weight excluding hydrogens is 844 g/mol. The van der Waals surface area contributed by atoms with Gasteiger partial charge in [-0.1, -0.05) is 253 Å². The van der Waals surface area contributed by atoms with E-state index < -0.39 is 32.9 Å². The summed E-state index contributed by atoms with van der Waals surface area (Å²) < 4.78 is 10.8. The molecule has 8 heteroatoms. The van der Waals surface area contributed by atoms with Crippen LogP contribution >= 0.6 is 24.0 Å². The van der Waals surface area contributed by atoms with E-state index in [9.17, 15) is 0 Å². The van der Waals surface area contributed by atoms with Crippen molar-refractivity contribution in [3.63, 3.8) is 0 Å². The van der Waals surface area contributed by atoms with Gasteiger partial charge in [-0.3, -0.25) is 0 Å². The number of hydrogen-bond donors (Lipinski definition) is 0. The van der Waals surface area contributed by atoms with Crippen molar-refractivity contribution in [1.82, 2.24) is 0 Å². The van der Waals surface area contributed by atoms with Crippen molar-refractivity contribution >= 4 is 56.9 Å². The third-order valence-electron chi connectivity index (χ3n) is 7.13. The first-order chi connectivity index (χ1) is 19.7. The predicted octanol–water partition coefficient (Wildman–Crippen LogP) is 11.3. The van der Waals surface area contributed by atoms with Crippen molar-refractivity contribution in [2.45, 2.75) is 76.6 Å². The van der Waals surface area contributed by atoms with Gasteiger partial charge in [0.15, 0.2) is 0 Å². The minimum absolute atomic E-state index is 0. The third kappa shape index (κ3) is 17.1. The summed E-state index contributed by atoms with van der Waals surface area (Å²) in [5.74, 6) is 0. The molecule has 236 valence electrons. The first-order valence-corrected chi connectivity index (χ1v) is 28.0. The molecule has 0 radical (unpaired) electrons. The van der Waals surface area contributed by atoms with Gasteiger partial charge < -0.3 is 9.30 Å². The van der Waals surface area contributed by atoms with Crippen molar-refractivity contribution in [3.8, 4) is 0 Å². The van der Waals surface area contributed by atoms with Gasteiger partial charge in [-0.15, -0.1) is 24.0 Å². The molecule has 0 heterocycles. The molecule has 44 heavy (non-hydrogen) atoms. The van der Waals surface area contributed by atoms with Crippen molar-refractivity contribution in [1.29, 1.82) is 0 Å². The van der Waals surface area contributed by atoms with Crippen LogP contribution in [-0.2, 0) is 24.2 Å². The largest absolute Gasteiger partial charge is 0.667 e. The molecule has 4 rings (SSSR count). The summed E-state index contributed by atoms with van der Waals surface area (Å²) >= 11 is 0. The molecule has 4 aromatic carbocycles. The Bertz CT molecular complexity index is 1120. The number of nitrogens with zero attached hydrogens (tertiary/aromatic N) is 2. The second-order valence-corrected chi connectivity index (χ2v) is 31.8. The molecule has 0 fully saturated rings. The summed E-state index contributed by atoms with van der Waals surface area (Å²) in [6.45, 7) is 19.2. The Labute approximate surface area is 323 Å². The van der Waals surface area contributed by atoms with Crippen LogP contribution in [0, 0.1) is 40.8 Å². The molecule has 0 aliphatic carbocycles. The third-order valence-corrected chi connectivity index (χ3v) is 21.9. The molecule has 2 nitrogen and oxygen atoms in total. The molecule has 0 unspecified atom stereocenters. The topological polar surface area (TPSA) is 28.2 Å². The summed E-state index contributed by atoms with van der Waals surface area (Å²) in [5, 5.41) is 0. The Morgan fingerprint density at radius 1 is 0.341 bits per heavy atom. The first-order valence-electron chi connectivity index (χ1n) is 15.4. The maximum absolute atomic E-state index is 5.41. The molecule has 0 amide bonds. The van der Waals surface area contributed by atoms with Gasteiger partial charge in [0.2, 0.25) is 0 Å². The van der Waals surface area contributed by atoms with Gasteiger partial charge in [0.05, 0.1) is 0 Å². The molecule has 0 aromatic heterocycles. The van der Waals surface area contributed by atoms with E-state index in [1.807, 2.05) is 0 Å². The zero-order valence-electron chi connectivity index (χ0n) is 28.2. The minimum Gasteiger partial charge on any atom is -0.667 e. The van der Waals surface area contributed by atoms with E-state index in [0.717, 1.165) is 24.2 Å². The Kier molecular flexibility index (Phi) is 18.6. The normalized spacial score (nSPS) is 11.8. The summed E-state index contributed by atoms with van der Waals surface area (Å²) in [6, 6.07) is 47.9. The Balaban J connectivity index is 0.000000421. The average Bonchev–Trinajstić information content (AvgIpc) is 2.89. The molecular formula is C36H53IN2NdSi4-2. The second-order valence-electron chi connectivity index (χ2n) is 14.1. The average molecular weight is 897 g/mol. The maximum atomic E-state index is 5.41. The zero-order valence-corrected chi connectivity index (χ0v) is 37.7. The van der Waals surface area contributed by atoms with Crippen LogP contribution in [0.2, 0.25) is 52.4 Å². The van der Waals surface area contributed by atoms with Crippen molar-refractivity contribution in [2.75, 3.05) is 0 Å². The quantitative estimate of drug-likeness (QED) is 0.100. The van der Waals surface area contributed by atoms with Gasteiger partial charge in [0, 0.05) is 40.8 Å². The van der Waals surface area contributed by atoms with Gasteiger partial charge in [-0.25, -0.2) is 0 Å². The van der Waals surface area contributed by atoms with Gasteiger partial charge in [0.1, 0.15) is 0 Å². The SMILES string of the molecule is C[Si](C)(Cc1ccccc1)[N-][Si](C)(C)Cc1ccccc1.C[Si](C)(Cc1ccccc1)[N-][Si](C)(C)Cc1ccccc1.I.[Nd]. The van der Waals surface area contributed by atoms with E-state index in [0.29, 0.717) is 0 Å². The van der Waals surface area contributed by atoms with Crippen LogP contribution in [0.5, 0.6) is 0 Å². The molecule has 0 N–H and O–H groups in total. The fourth-order valence-corrected chi connectivity index (χ4v) is 25.5. The van der Waals surface area contributed by atoms with E-state index >= 15 is 0 Å². The summed E-state index contributed by atoms with van der Waals surface area (Å²) in [7, 11) is -6.19. The van der Waals surface area contributed by atoms with E-state index in [-0.39, 0.29) is 64.8 Å². The minimum atomic E-state index is -1.55. The summed E-state index contributed by atoms with van der Waals surface area (Å²) in [6.07, 6.45) is 0. The molecule has 0 bridgehead atoms. The maximum Gasteiger partial charge on any atom is 0 e. The van der Waals surface area contributed by atoms with Gasteiger partial charge >= 0.3 is 0 Å². The summed E-state index contributed by atoms with van der Waals surface area (Å²) in [4.78, 5) is 0. The molecule has 4 aromatic rings. The Hall–Kier alpha value is -0.252. The fourth-order valence-electron chi connectivity index (χ4n) is 6.18. The molecule has 0 aliphatic rings. The summed E-state index contributed by atoms with van der Waals surface area (Å²) in [5.41, 5.74) is 5.73. The number of hydrogen-bond acceptors (Lipinski definition) is 0. The fraction of sp³-hybridized carbons (Fsp3) is 0.333. The first kappa shape index (κ1) is 41.8. The van der Waals surface area contributed by atoms with E-state index in [4.69, 9.17) is 9.30 Å². The predicted molar refractivity (Wildman–Crippen MR) is 213 cm³/mol. The second kappa shape index (κ2) is 19.5. The molecule has 0 saturated carbocycles. The number of rotatable bonds is 12. The number of benzene rings is 4. The smallest absolute Gasteiger partial charge is 0 e. The monoisotopic (exact) mass is 894 g/mol. The van der Waals surface area contributed by atoms with Crippen molar-refractivity contribution in [3.05, 3.63) is 153 Å². The van der Waals surface area contributed by atoms with E-state index in [1.54, 1.807) is 0 Å². The molecule has 0 atom stereocenters. The molecule has 0 spiro atoms. The zero-order chi connectivity index (χ0) is 30.7. The van der Waals surface area contributed by atoms with Crippen LogP contribution in [-0.4, -0.2) is 32.9 Å². The Morgan fingerprint density at radius 3 is 0.659 bits per heavy atom. The van der Waals surface area contributed by atoms with Crippen LogP contribution < -0.4 is 0 Å². The van der Waals surface area contributed by atoms with Crippen LogP contribution in [0.3, 0.4) is 0 Å².